The van der Waals surface area contributed by atoms with E-state index in [9.17, 15) is 0 Å². The SMILES string of the molecule is C1=C[C@H]2C[C@H]1C[C@@H]2CN1CCCC2(C1)OCCO2. The Bertz CT molecular complexity index is 348. The van der Waals surface area contributed by atoms with Gasteiger partial charge >= 0.3 is 0 Å². The van der Waals surface area contributed by atoms with Crippen molar-refractivity contribution in [3.05, 3.63) is 12.2 Å². The third kappa shape index (κ3) is 1.93. The molecule has 0 aromatic rings. The zero-order valence-electron chi connectivity index (χ0n) is 11.0. The Kier molecular flexibility index (Phi) is 2.75. The van der Waals surface area contributed by atoms with Crippen LogP contribution in [0.1, 0.15) is 25.7 Å². The van der Waals surface area contributed by atoms with Crippen LogP contribution in [-0.2, 0) is 9.47 Å². The number of allylic oxidation sites excluding steroid dienone is 2. The van der Waals surface area contributed by atoms with Gasteiger partial charge in [0, 0.05) is 13.0 Å². The summed E-state index contributed by atoms with van der Waals surface area (Å²) < 4.78 is 11.7. The number of piperidine rings is 1. The second kappa shape index (κ2) is 4.32. The minimum absolute atomic E-state index is 0.244. The Morgan fingerprint density at radius 2 is 2.06 bits per heavy atom. The van der Waals surface area contributed by atoms with Crippen LogP contribution in [0.4, 0.5) is 0 Å². The van der Waals surface area contributed by atoms with Crippen LogP contribution in [0.25, 0.3) is 0 Å². The van der Waals surface area contributed by atoms with Gasteiger partial charge in [-0.3, -0.25) is 4.90 Å². The molecule has 2 aliphatic heterocycles. The van der Waals surface area contributed by atoms with E-state index < -0.39 is 0 Å². The second-order valence-corrected chi connectivity index (χ2v) is 6.49. The Hall–Kier alpha value is -0.380. The fourth-order valence-electron chi connectivity index (χ4n) is 4.40. The molecule has 0 aromatic heterocycles. The molecule has 4 rings (SSSR count). The molecular weight excluding hydrogens is 226 g/mol. The highest BCUT2D eigenvalue weighted by molar-refractivity contribution is 5.10. The van der Waals surface area contributed by atoms with Gasteiger partial charge in [0.05, 0.1) is 19.8 Å². The van der Waals surface area contributed by atoms with Crippen molar-refractivity contribution < 1.29 is 9.47 Å². The van der Waals surface area contributed by atoms with Crippen molar-refractivity contribution in [2.24, 2.45) is 17.8 Å². The van der Waals surface area contributed by atoms with Crippen molar-refractivity contribution in [2.75, 3.05) is 32.8 Å². The molecule has 0 radical (unpaired) electrons. The molecule has 18 heavy (non-hydrogen) atoms. The molecule has 0 aromatic carbocycles. The largest absolute Gasteiger partial charge is 0.346 e. The van der Waals surface area contributed by atoms with Gasteiger partial charge in [0.25, 0.3) is 0 Å². The topological polar surface area (TPSA) is 21.7 Å². The van der Waals surface area contributed by atoms with E-state index in [2.05, 4.69) is 17.1 Å². The molecule has 3 heteroatoms. The average Bonchev–Trinajstić information content (AvgIpc) is 3.06. The molecule has 0 unspecified atom stereocenters. The van der Waals surface area contributed by atoms with E-state index in [-0.39, 0.29) is 5.79 Å². The molecule has 1 spiro atoms. The molecule has 3 nitrogen and oxygen atoms in total. The van der Waals surface area contributed by atoms with Gasteiger partial charge in [-0.25, -0.2) is 0 Å². The van der Waals surface area contributed by atoms with Gasteiger partial charge in [0.1, 0.15) is 0 Å². The number of fused-ring (bicyclic) bond motifs is 2. The molecule has 3 fully saturated rings. The van der Waals surface area contributed by atoms with Crippen molar-refractivity contribution in [3.63, 3.8) is 0 Å². The lowest BCUT2D eigenvalue weighted by atomic mass is 9.92. The zero-order chi connectivity index (χ0) is 12.0. The predicted molar refractivity (Wildman–Crippen MR) is 69.2 cm³/mol. The molecule has 100 valence electrons. The summed E-state index contributed by atoms with van der Waals surface area (Å²) in [7, 11) is 0. The summed E-state index contributed by atoms with van der Waals surface area (Å²) in [5.74, 6) is 2.39. The van der Waals surface area contributed by atoms with Crippen LogP contribution in [0.3, 0.4) is 0 Å². The Balaban J connectivity index is 1.38. The van der Waals surface area contributed by atoms with Crippen LogP contribution >= 0.6 is 0 Å². The number of nitrogens with zero attached hydrogens (tertiary/aromatic N) is 1. The first-order chi connectivity index (χ1) is 8.83. The minimum Gasteiger partial charge on any atom is -0.346 e. The zero-order valence-corrected chi connectivity index (χ0v) is 11.0. The third-order valence-electron chi connectivity index (χ3n) is 5.22. The molecule has 0 N–H and O–H groups in total. The van der Waals surface area contributed by atoms with Crippen LogP contribution in [0, 0.1) is 17.8 Å². The number of rotatable bonds is 2. The van der Waals surface area contributed by atoms with Crippen molar-refractivity contribution in [1.82, 2.24) is 4.90 Å². The van der Waals surface area contributed by atoms with Gasteiger partial charge in [-0.1, -0.05) is 12.2 Å². The normalized spacial score (nSPS) is 42.1. The van der Waals surface area contributed by atoms with Gasteiger partial charge in [-0.15, -0.1) is 0 Å². The maximum absolute atomic E-state index is 5.86. The van der Waals surface area contributed by atoms with E-state index in [1.54, 1.807) is 0 Å². The molecule has 2 bridgehead atoms. The predicted octanol–water partition coefficient (Wildman–Crippen LogP) is 2.04. The summed E-state index contributed by atoms with van der Waals surface area (Å²) in [6, 6.07) is 0. The molecule has 2 saturated heterocycles. The van der Waals surface area contributed by atoms with E-state index in [0.29, 0.717) is 0 Å². The average molecular weight is 249 g/mol. The van der Waals surface area contributed by atoms with E-state index in [1.807, 2.05) is 0 Å². The number of likely N-dealkylation sites (tertiary alicyclic amines) is 1. The highest BCUT2D eigenvalue weighted by atomic mass is 16.7. The molecule has 0 amide bonds. The summed E-state index contributed by atoms with van der Waals surface area (Å²) in [5.41, 5.74) is 0. The fraction of sp³-hybridized carbons (Fsp3) is 0.867. The summed E-state index contributed by atoms with van der Waals surface area (Å²) in [6.45, 7) is 5.03. The van der Waals surface area contributed by atoms with Crippen LogP contribution in [-0.4, -0.2) is 43.5 Å². The van der Waals surface area contributed by atoms with Gasteiger partial charge in [-0.2, -0.15) is 0 Å². The van der Waals surface area contributed by atoms with E-state index in [4.69, 9.17) is 9.47 Å². The number of hydrogen-bond acceptors (Lipinski definition) is 3. The standard InChI is InChI=1S/C15H23NO2/c1-4-15(17-6-7-18-15)11-16(5-1)10-14-9-12-2-3-13(14)8-12/h2-3,12-14H,1,4-11H2/t12-,13-,14+/m0/s1. The lowest BCUT2D eigenvalue weighted by molar-refractivity contribution is -0.190. The molecule has 3 atom stereocenters. The number of hydrogen-bond donors (Lipinski definition) is 0. The maximum Gasteiger partial charge on any atom is 0.181 e. The van der Waals surface area contributed by atoms with Gasteiger partial charge in [-0.05, 0) is 43.6 Å². The maximum atomic E-state index is 5.86. The van der Waals surface area contributed by atoms with E-state index in [1.165, 1.54) is 32.4 Å². The van der Waals surface area contributed by atoms with Crippen LogP contribution < -0.4 is 0 Å². The lowest BCUT2D eigenvalue weighted by Crippen LogP contribution is -2.50. The molecular formula is C15H23NO2. The highest BCUT2D eigenvalue weighted by Crippen LogP contribution is 2.44. The quantitative estimate of drug-likeness (QED) is 0.699. The van der Waals surface area contributed by atoms with Crippen LogP contribution in [0.2, 0.25) is 0 Å². The summed E-state index contributed by atoms with van der Waals surface area (Å²) >= 11 is 0. The Labute approximate surface area is 109 Å². The summed E-state index contributed by atoms with van der Waals surface area (Å²) in [4.78, 5) is 2.59. The summed E-state index contributed by atoms with van der Waals surface area (Å²) in [5, 5.41) is 0. The Morgan fingerprint density at radius 3 is 2.78 bits per heavy atom. The van der Waals surface area contributed by atoms with E-state index >= 15 is 0 Å². The highest BCUT2D eigenvalue weighted by Gasteiger charge is 2.43. The third-order valence-corrected chi connectivity index (χ3v) is 5.22. The van der Waals surface area contributed by atoms with Gasteiger partial charge in [0.2, 0.25) is 0 Å². The van der Waals surface area contributed by atoms with Crippen molar-refractivity contribution in [3.8, 4) is 0 Å². The second-order valence-electron chi connectivity index (χ2n) is 6.49. The molecule has 1 saturated carbocycles. The molecule has 4 aliphatic rings. The van der Waals surface area contributed by atoms with E-state index in [0.717, 1.165) is 43.9 Å². The molecule has 2 heterocycles. The van der Waals surface area contributed by atoms with Crippen LogP contribution in [0.5, 0.6) is 0 Å². The monoisotopic (exact) mass is 249 g/mol. The fourth-order valence-corrected chi connectivity index (χ4v) is 4.40. The van der Waals surface area contributed by atoms with Gasteiger partial charge in [0.15, 0.2) is 5.79 Å². The van der Waals surface area contributed by atoms with Crippen molar-refractivity contribution >= 4 is 0 Å². The Morgan fingerprint density at radius 1 is 1.17 bits per heavy atom. The summed E-state index contributed by atoms with van der Waals surface area (Å²) in [6.07, 6.45) is 10.0. The first-order valence-corrected chi connectivity index (χ1v) is 7.52. The van der Waals surface area contributed by atoms with Crippen molar-refractivity contribution in [2.45, 2.75) is 31.5 Å². The molecule has 2 aliphatic carbocycles. The van der Waals surface area contributed by atoms with Crippen LogP contribution in [0.15, 0.2) is 12.2 Å². The minimum atomic E-state index is -0.244. The lowest BCUT2D eigenvalue weighted by Gasteiger charge is -2.40. The first kappa shape index (κ1) is 11.4. The van der Waals surface area contributed by atoms with Crippen molar-refractivity contribution in [1.29, 1.82) is 0 Å². The number of ether oxygens (including phenoxy) is 2. The first-order valence-electron chi connectivity index (χ1n) is 7.52. The smallest absolute Gasteiger partial charge is 0.181 e. The van der Waals surface area contributed by atoms with Gasteiger partial charge < -0.3 is 9.47 Å².